The Kier molecular flexibility index (Phi) is 6.90. The van der Waals surface area contributed by atoms with Gasteiger partial charge in [0.2, 0.25) is 5.91 Å². The third-order valence-corrected chi connectivity index (χ3v) is 7.64. The average Bonchev–Trinajstić information content (AvgIpc) is 3.44. The van der Waals surface area contributed by atoms with Crippen molar-refractivity contribution in [2.45, 2.75) is 32.0 Å². The van der Waals surface area contributed by atoms with E-state index in [1.165, 1.54) is 23.1 Å². The van der Waals surface area contributed by atoms with E-state index in [0.29, 0.717) is 39.1 Å². The highest BCUT2D eigenvalue weighted by Crippen LogP contribution is 2.31. The van der Waals surface area contributed by atoms with Crippen LogP contribution in [0.4, 0.5) is 0 Å². The number of amides is 1. The molecule has 1 amide bonds. The van der Waals surface area contributed by atoms with E-state index in [1.807, 2.05) is 31.2 Å². The monoisotopic (exact) mass is 483 g/mol. The summed E-state index contributed by atoms with van der Waals surface area (Å²) in [5, 5.41) is 1.11. The van der Waals surface area contributed by atoms with Crippen molar-refractivity contribution in [1.29, 1.82) is 0 Å². The number of hydrogen-bond acceptors (Lipinski definition) is 7. The summed E-state index contributed by atoms with van der Waals surface area (Å²) >= 11 is 2.79. The standard InChI is InChI=1S/C24H25N3O4S2/c1-5-19-15(2)21-22(33-19)25-24(27(23(21)29)16-8-6-9-17(12-16)30-4)32-14-20(28)26(3)13-18-10-7-11-31-18/h6-12H,5,13-14H2,1-4H3. The number of furan rings is 1. The van der Waals surface area contributed by atoms with Gasteiger partial charge in [0.15, 0.2) is 5.16 Å². The zero-order valence-electron chi connectivity index (χ0n) is 19.0. The molecule has 0 bridgehead atoms. The number of carbonyl (C=O) groups excluding carboxylic acids is 1. The molecular weight excluding hydrogens is 458 g/mol. The summed E-state index contributed by atoms with van der Waals surface area (Å²) in [6.07, 6.45) is 2.42. The minimum absolute atomic E-state index is 0.0838. The van der Waals surface area contributed by atoms with Crippen LogP contribution in [0.25, 0.3) is 15.9 Å². The van der Waals surface area contributed by atoms with Crippen LogP contribution in [0.1, 0.15) is 23.1 Å². The van der Waals surface area contributed by atoms with Crippen molar-refractivity contribution in [2.24, 2.45) is 0 Å². The zero-order chi connectivity index (χ0) is 23.5. The van der Waals surface area contributed by atoms with Crippen LogP contribution in [0.3, 0.4) is 0 Å². The number of aryl methyl sites for hydroxylation is 2. The molecule has 0 aliphatic carbocycles. The second-order valence-corrected chi connectivity index (χ2v) is 9.56. The highest BCUT2D eigenvalue weighted by atomic mass is 32.2. The van der Waals surface area contributed by atoms with E-state index in [4.69, 9.17) is 14.1 Å². The highest BCUT2D eigenvalue weighted by Gasteiger charge is 2.20. The van der Waals surface area contributed by atoms with Gasteiger partial charge in [-0.1, -0.05) is 24.8 Å². The van der Waals surface area contributed by atoms with Crippen LogP contribution >= 0.6 is 23.1 Å². The number of benzene rings is 1. The molecular formula is C24H25N3O4S2. The first-order valence-electron chi connectivity index (χ1n) is 10.5. The van der Waals surface area contributed by atoms with E-state index in [1.54, 1.807) is 42.0 Å². The molecule has 4 aromatic rings. The van der Waals surface area contributed by atoms with E-state index >= 15 is 0 Å². The third kappa shape index (κ3) is 4.69. The minimum atomic E-state index is -0.138. The van der Waals surface area contributed by atoms with Crippen LogP contribution in [-0.4, -0.2) is 40.3 Å². The maximum atomic E-state index is 13.7. The van der Waals surface area contributed by atoms with Crippen molar-refractivity contribution in [2.75, 3.05) is 19.9 Å². The van der Waals surface area contributed by atoms with Crippen LogP contribution in [0.5, 0.6) is 5.75 Å². The molecule has 0 unspecified atom stereocenters. The van der Waals surface area contributed by atoms with E-state index < -0.39 is 0 Å². The molecule has 1 aromatic carbocycles. The predicted octanol–water partition coefficient (Wildman–Crippen LogP) is 4.67. The lowest BCUT2D eigenvalue weighted by atomic mass is 10.2. The van der Waals surface area contributed by atoms with Gasteiger partial charge in [0.05, 0.1) is 36.7 Å². The number of methoxy groups -OCH3 is 1. The molecule has 9 heteroatoms. The number of hydrogen-bond donors (Lipinski definition) is 0. The Hall–Kier alpha value is -3.04. The quantitative estimate of drug-likeness (QED) is 0.268. The Morgan fingerprint density at radius 1 is 1.30 bits per heavy atom. The second kappa shape index (κ2) is 9.84. The largest absolute Gasteiger partial charge is 0.497 e. The Balaban J connectivity index is 1.72. The van der Waals surface area contributed by atoms with Gasteiger partial charge < -0.3 is 14.1 Å². The summed E-state index contributed by atoms with van der Waals surface area (Å²) in [6, 6.07) is 10.9. The molecule has 4 rings (SSSR count). The fourth-order valence-electron chi connectivity index (χ4n) is 3.58. The molecule has 0 spiro atoms. The van der Waals surface area contributed by atoms with Gasteiger partial charge in [-0.15, -0.1) is 11.3 Å². The van der Waals surface area contributed by atoms with Crippen molar-refractivity contribution in [1.82, 2.24) is 14.5 Å². The van der Waals surface area contributed by atoms with Gasteiger partial charge in [-0.3, -0.25) is 14.2 Å². The molecule has 3 heterocycles. The lowest BCUT2D eigenvalue weighted by Crippen LogP contribution is -2.28. The fourth-order valence-corrected chi connectivity index (χ4v) is 5.69. The van der Waals surface area contributed by atoms with E-state index in [-0.39, 0.29) is 17.2 Å². The minimum Gasteiger partial charge on any atom is -0.497 e. The SMILES string of the molecule is CCc1sc2nc(SCC(=O)N(C)Cc3ccco3)n(-c3cccc(OC)c3)c(=O)c2c1C. The Labute approximate surface area is 200 Å². The van der Waals surface area contributed by atoms with Gasteiger partial charge in [0, 0.05) is 18.0 Å². The first-order valence-corrected chi connectivity index (χ1v) is 12.3. The Morgan fingerprint density at radius 3 is 2.82 bits per heavy atom. The Bertz CT molecular complexity index is 1340. The molecule has 0 saturated heterocycles. The summed E-state index contributed by atoms with van der Waals surface area (Å²) < 4.78 is 12.3. The number of rotatable bonds is 8. The number of nitrogens with zero attached hydrogens (tertiary/aromatic N) is 3. The molecule has 0 atom stereocenters. The summed E-state index contributed by atoms with van der Waals surface area (Å²) in [7, 11) is 3.32. The molecule has 0 aliphatic heterocycles. The summed E-state index contributed by atoms with van der Waals surface area (Å²) in [6.45, 7) is 4.42. The summed E-state index contributed by atoms with van der Waals surface area (Å²) in [4.78, 5) is 34.7. The first-order chi connectivity index (χ1) is 15.9. The van der Waals surface area contributed by atoms with Crippen molar-refractivity contribution in [3.05, 3.63) is 69.2 Å². The normalized spacial score (nSPS) is 11.2. The molecule has 0 fully saturated rings. The smallest absolute Gasteiger partial charge is 0.267 e. The van der Waals surface area contributed by atoms with Crippen LogP contribution in [0, 0.1) is 6.92 Å². The average molecular weight is 484 g/mol. The Morgan fingerprint density at radius 2 is 2.12 bits per heavy atom. The number of aromatic nitrogens is 2. The van der Waals surface area contributed by atoms with Gasteiger partial charge in [-0.25, -0.2) is 4.98 Å². The number of carbonyl (C=O) groups is 1. The van der Waals surface area contributed by atoms with Crippen molar-refractivity contribution in [3.8, 4) is 11.4 Å². The third-order valence-electron chi connectivity index (χ3n) is 5.39. The summed E-state index contributed by atoms with van der Waals surface area (Å²) in [5.41, 5.74) is 1.48. The molecule has 172 valence electrons. The number of ether oxygens (including phenoxy) is 1. The van der Waals surface area contributed by atoms with E-state index in [0.717, 1.165) is 16.9 Å². The van der Waals surface area contributed by atoms with Crippen LogP contribution in [-0.2, 0) is 17.8 Å². The molecule has 0 aliphatic rings. The molecule has 7 nitrogen and oxygen atoms in total. The van der Waals surface area contributed by atoms with Gasteiger partial charge >= 0.3 is 0 Å². The predicted molar refractivity (Wildman–Crippen MR) is 132 cm³/mol. The fraction of sp³-hybridized carbons (Fsp3) is 0.292. The molecule has 0 radical (unpaired) electrons. The van der Waals surface area contributed by atoms with Gasteiger partial charge in [0.25, 0.3) is 5.56 Å². The number of fused-ring (bicyclic) bond motifs is 1. The van der Waals surface area contributed by atoms with Gasteiger partial charge in [-0.2, -0.15) is 0 Å². The van der Waals surface area contributed by atoms with Crippen molar-refractivity contribution in [3.63, 3.8) is 0 Å². The lowest BCUT2D eigenvalue weighted by Gasteiger charge is -2.17. The zero-order valence-corrected chi connectivity index (χ0v) is 20.6. The molecule has 33 heavy (non-hydrogen) atoms. The van der Waals surface area contributed by atoms with Gasteiger partial charge in [-0.05, 0) is 43.2 Å². The van der Waals surface area contributed by atoms with E-state index in [2.05, 4.69) is 6.92 Å². The molecule has 0 N–H and O–H groups in total. The topological polar surface area (TPSA) is 77.6 Å². The molecule has 3 aromatic heterocycles. The van der Waals surface area contributed by atoms with Crippen molar-refractivity contribution < 1.29 is 13.9 Å². The van der Waals surface area contributed by atoms with Crippen molar-refractivity contribution >= 4 is 39.2 Å². The second-order valence-electron chi connectivity index (χ2n) is 7.54. The first kappa shape index (κ1) is 23.1. The highest BCUT2D eigenvalue weighted by molar-refractivity contribution is 7.99. The number of thiophene rings is 1. The van der Waals surface area contributed by atoms with Crippen LogP contribution < -0.4 is 10.3 Å². The van der Waals surface area contributed by atoms with E-state index in [9.17, 15) is 9.59 Å². The number of thioether (sulfide) groups is 1. The maximum absolute atomic E-state index is 13.7. The molecule has 0 saturated carbocycles. The van der Waals surface area contributed by atoms with Crippen LogP contribution in [0.2, 0.25) is 0 Å². The van der Waals surface area contributed by atoms with Crippen LogP contribution in [0.15, 0.2) is 57.0 Å². The maximum Gasteiger partial charge on any atom is 0.267 e. The summed E-state index contributed by atoms with van der Waals surface area (Å²) in [5.74, 6) is 1.41. The van der Waals surface area contributed by atoms with Gasteiger partial charge in [0.1, 0.15) is 16.3 Å². The lowest BCUT2D eigenvalue weighted by molar-refractivity contribution is -0.127.